The van der Waals surface area contributed by atoms with Crippen LogP contribution in [0.25, 0.3) is 0 Å². The van der Waals surface area contributed by atoms with Gasteiger partial charge in [0.25, 0.3) is 5.91 Å². The number of nitrogens with zero attached hydrogens (tertiary/aromatic N) is 1. The number of benzene rings is 2. The Hall–Kier alpha value is -3.69. The van der Waals surface area contributed by atoms with Gasteiger partial charge in [0, 0.05) is 18.8 Å². The van der Waals surface area contributed by atoms with Crippen molar-refractivity contribution in [2.75, 3.05) is 18.5 Å². The summed E-state index contributed by atoms with van der Waals surface area (Å²) in [5, 5.41) is 7.69. The van der Waals surface area contributed by atoms with E-state index in [-0.39, 0.29) is 24.5 Å². The van der Waals surface area contributed by atoms with Crippen molar-refractivity contribution in [2.45, 2.75) is 44.6 Å². The van der Waals surface area contributed by atoms with Gasteiger partial charge in [0.1, 0.15) is 0 Å². The topological polar surface area (TPSA) is 97.0 Å². The Balaban J connectivity index is 1.39. The Bertz CT molecular complexity index is 1260. The summed E-state index contributed by atoms with van der Waals surface area (Å²) in [6.07, 6.45) is 0.444. The number of nitrogens with one attached hydrogen (secondary N) is 2. The zero-order valence-electron chi connectivity index (χ0n) is 20.5. The molecule has 3 aromatic rings. The Labute approximate surface area is 219 Å². The van der Waals surface area contributed by atoms with Gasteiger partial charge in [0.15, 0.2) is 12.1 Å². The summed E-state index contributed by atoms with van der Waals surface area (Å²) in [5.74, 6) is -0.520. The molecule has 9 heteroatoms. The number of cyclic esters (lactones) is 1. The predicted octanol–water partition coefficient (Wildman–Crippen LogP) is 4.67. The maximum Gasteiger partial charge on any atom is 0.411 e. The normalized spacial score (nSPS) is 21.1. The molecule has 8 nitrogen and oxygen atoms in total. The molecule has 0 bridgehead atoms. The number of amides is 3. The maximum absolute atomic E-state index is 13.5. The molecule has 0 radical (unpaired) electrons. The molecule has 2 aromatic carbocycles. The van der Waals surface area contributed by atoms with Crippen molar-refractivity contribution in [1.29, 1.82) is 0 Å². The molecule has 2 aliphatic rings. The minimum atomic E-state index is -0.876. The Morgan fingerprint density at radius 2 is 1.95 bits per heavy atom. The van der Waals surface area contributed by atoms with E-state index in [1.54, 1.807) is 30.3 Å². The van der Waals surface area contributed by atoms with Gasteiger partial charge in [-0.3, -0.25) is 14.5 Å². The van der Waals surface area contributed by atoms with Crippen molar-refractivity contribution in [2.24, 2.45) is 0 Å². The van der Waals surface area contributed by atoms with E-state index in [9.17, 15) is 14.4 Å². The summed E-state index contributed by atoms with van der Waals surface area (Å²) in [7, 11) is 0. The van der Waals surface area contributed by atoms with Gasteiger partial charge in [0.2, 0.25) is 5.91 Å². The van der Waals surface area contributed by atoms with Gasteiger partial charge < -0.3 is 20.1 Å². The first-order valence-corrected chi connectivity index (χ1v) is 13.2. The van der Waals surface area contributed by atoms with E-state index in [1.165, 1.54) is 16.2 Å². The fraction of sp³-hybridized carbons (Fsp3) is 0.321. The van der Waals surface area contributed by atoms with Gasteiger partial charge in [-0.05, 0) is 54.5 Å². The van der Waals surface area contributed by atoms with E-state index in [0.29, 0.717) is 29.3 Å². The molecule has 2 aliphatic heterocycles. The number of anilines is 1. The van der Waals surface area contributed by atoms with Crippen LogP contribution >= 0.6 is 11.3 Å². The van der Waals surface area contributed by atoms with Crippen molar-refractivity contribution in [3.05, 3.63) is 87.6 Å². The zero-order valence-corrected chi connectivity index (χ0v) is 21.3. The van der Waals surface area contributed by atoms with Crippen molar-refractivity contribution in [3.63, 3.8) is 0 Å². The average molecular weight is 520 g/mol. The van der Waals surface area contributed by atoms with Gasteiger partial charge in [0.05, 0.1) is 17.5 Å². The number of hydrogen-bond acceptors (Lipinski definition) is 6. The SMILES string of the molecule is Cc1ccc(CN2C(=O)OC(c3cccc(NC(=O)c4cccs4)c3)C2C(=O)NCC2CCCO2)cc1. The maximum atomic E-state index is 13.5. The molecule has 3 heterocycles. The van der Waals surface area contributed by atoms with Crippen LogP contribution in [0.2, 0.25) is 0 Å². The van der Waals surface area contributed by atoms with Crippen LogP contribution in [0.3, 0.4) is 0 Å². The second kappa shape index (κ2) is 11.1. The first-order chi connectivity index (χ1) is 18.0. The molecule has 3 atom stereocenters. The zero-order chi connectivity index (χ0) is 25.8. The van der Waals surface area contributed by atoms with Crippen molar-refractivity contribution in [1.82, 2.24) is 10.2 Å². The Morgan fingerprint density at radius 1 is 1.11 bits per heavy atom. The van der Waals surface area contributed by atoms with Crippen LogP contribution in [-0.4, -0.2) is 48.1 Å². The third-order valence-corrected chi connectivity index (χ3v) is 7.44. The van der Waals surface area contributed by atoms with Crippen LogP contribution in [0.4, 0.5) is 10.5 Å². The molecule has 0 aliphatic carbocycles. The smallest absolute Gasteiger partial charge is 0.411 e. The summed E-state index contributed by atoms with van der Waals surface area (Å²) in [6.45, 7) is 3.31. The van der Waals surface area contributed by atoms with Crippen LogP contribution in [0.15, 0.2) is 66.0 Å². The first kappa shape index (κ1) is 25.0. The van der Waals surface area contributed by atoms with Crippen LogP contribution in [0.1, 0.15) is 45.3 Å². The van der Waals surface area contributed by atoms with E-state index >= 15 is 0 Å². The van der Waals surface area contributed by atoms with Crippen LogP contribution in [0, 0.1) is 6.92 Å². The van der Waals surface area contributed by atoms with Crippen LogP contribution < -0.4 is 10.6 Å². The highest BCUT2D eigenvalue weighted by Gasteiger charge is 2.47. The second-order valence-electron chi connectivity index (χ2n) is 9.30. The molecule has 3 unspecified atom stereocenters. The number of carbonyl (C=O) groups is 3. The number of rotatable bonds is 8. The third-order valence-electron chi connectivity index (χ3n) is 6.57. The van der Waals surface area contributed by atoms with Crippen molar-refractivity contribution in [3.8, 4) is 0 Å². The summed E-state index contributed by atoms with van der Waals surface area (Å²) >= 11 is 1.35. The van der Waals surface area contributed by atoms with E-state index in [2.05, 4.69) is 10.6 Å². The summed E-state index contributed by atoms with van der Waals surface area (Å²) in [6, 6.07) is 17.6. The summed E-state index contributed by atoms with van der Waals surface area (Å²) in [5.41, 5.74) is 3.19. The first-order valence-electron chi connectivity index (χ1n) is 12.3. The summed E-state index contributed by atoms with van der Waals surface area (Å²) in [4.78, 5) is 41.2. The quantitative estimate of drug-likeness (QED) is 0.451. The fourth-order valence-corrected chi connectivity index (χ4v) is 5.24. The Morgan fingerprint density at radius 3 is 2.68 bits per heavy atom. The highest BCUT2D eigenvalue weighted by Crippen LogP contribution is 2.35. The van der Waals surface area contributed by atoms with Gasteiger partial charge in [-0.15, -0.1) is 11.3 Å². The lowest BCUT2D eigenvalue weighted by molar-refractivity contribution is -0.126. The molecular weight excluding hydrogens is 490 g/mol. The number of carbonyl (C=O) groups excluding carboxylic acids is 3. The monoisotopic (exact) mass is 519 g/mol. The van der Waals surface area contributed by atoms with E-state index in [1.807, 2.05) is 42.6 Å². The van der Waals surface area contributed by atoms with Gasteiger partial charge in [-0.25, -0.2) is 4.79 Å². The third kappa shape index (κ3) is 5.84. The highest BCUT2D eigenvalue weighted by molar-refractivity contribution is 7.12. The molecule has 5 rings (SSSR count). The van der Waals surface area contributed by atoms with E-state index < -0.39 is 18.2 Å². The lowest BCUT2D eigenvalue weighted by Crippen LogP contribution is -2.47. The molecule has 0 spiro atoms. The van der Waals surface area contributed by atoms with Gasteiger partial charge in [-0.2, -0.15) is 0 Å². The number of aryl methyl sites for hydroxylation is 1. The van der Waals surface area contributed by atoms with E-state index in [0.717, 1.165) is 24.0 Å². The fourth-order valence-electron chi connectivity index (χ4n) is 4.62. The van der Waals surface area contributed by atoms with Gasteiger partial charge >= 0.3 is 6.09 Å². The number of ether oxygens (including phenoxy) is 2. The molecule has 2 fully saturated rings. The minimum Gasteiger partial charge on any atom is -0.438 e. The summed E-state index contributed by atoms with van der Waals surface area (Å²) < 4.78 is 11.4. The molecule has 37 heavy (non-hydrogen) atoms. The lowest BCUT2D eigenvalue weighted by atomic mass is 10.00. The Kier molecular flexibility index (Phi) is 7.52. The number of hydrogen-bond donors (Lipinski definition) is 2. The lowest BCUT2D eigenvalue weighted by Gasteiger charge is -2.25. The van der Waals surface area contributed by atoms with Crippen molar-refractivity contribution >= 4 is 34.9 Å². The number of thiophene rings is 1. The largest absolute Gasteiger partial charge is 0.438 e. The molecule has 1 aromatic heterocycles. The van der Waals surface area contributed by atoms with Gasteiger partial charge in [-0.1, -0.05) is 48.0 Å². The molecule has 3 amide bonds. The molecular formula is C28H29N3O5S. The van der Waals surface area contributed by atoms with Crippen molar-refractivity contribution < 1.29 is 23.9 Å². The average Bonchev–Trinajstić information content (AvgIpc) is 3.67. The molecule has 192 valence electrons. The predicted molar refractivity (Wildman–Crippen MR) is 140 cm³/mol. The second-order valence-corrected chi connectivity index (χ2v) is 10.2. The molecule has 2 N–H and O–H groups in total. The minimum absolute atomic E-state index is 0.0261. The highest BCUT2D eigenvalue weighted by atomic mass is 32.1. The van der Waals surface area contributed by atoms with E-state index in [4.69, 9.17) is 9.47 Å². The molecule has 2 saturated heterocycles. The van der Waals surface area contributed by atoms with Crippen LogP contribution in [0.5, 0.6) is 0 Å². The molecule has 0 saturated carbocycles. The standard InChI is InChI=1S/C28H29N3O5S/c1-18-9-11-19(12-10-18)17-31-24(27(33)29-16-22-7-3-13-35-22)25(36-28(31)34)20-5-2-6-21(15-20)30-26(32)23-8-4-14-37-23/h2,4-6,8-12,14-15,22,24-25H,3,7,13,16-17H2,1H3,(H,29,33)(H,30,32). The van der Waals surface area contributed by atoms with Crippen LogP contribution in [-0.2, 0) is 20.8 Å².